The summed E-state index contributed by atoms with van der Waals surface area (Å²) < 4.78 is 30.8. The van der Waals surface area contributed by atoms with Crippen molar-refractivity contribution in [3.8, 4) is 0 Å². The van der Waals surface area contributed by atoms with Crippen LogP contribution in [0.1, 0.15) is 32.1 Å². The van der Waals surface area contributed by atoms with E-state index in [1.54, 1.807) is 0 Å². The molecule has 1 aliphatic carbocycles. The Hall–Kier alpha value is -0.410. The highest BCUT2D eigenvalue weighted by Crippen LogP contribution is 2.30. The Bertz CT molecular complexity index is 494. The van der Waals surface area contributed by atoms with Crippen molar-refractivity contribution in [2.75, 3.05) is 32.6 Å². The van der Waals surface area contributed by atoms with Crippen LogP contribution in [0.5, 0.6) is 0 Å². The number of rotatable bonds is 6. The number of hydrogen-bond acceptors (Lipinski definition) is 5. The van der Waals surface area contributed by atoms with Crippen molar-refractivity contribution in [2.45, 2.75) is 38.1 Å². The Morgan fingerprint density at radius 3 is 2.52 bits per heavy atom. The first kappa shape index (κ1) is 20.6. The van der Waals surface area contributed by atoms with Crippen molar-refractivity contribution in [2.24, 2.45) is 17.1 Å². The minimum Gasteiger partial charge on any atom is -0.381 e. The fourth-order valence-electron chi connectivity index (χ4n) is 3.41. The van der Waals surface area contributed by atoms with Crippen LogP contribution < -0.4 is 15.8 Å². The molecule has 1 saturated heterocycles. The fourth-order valence-corrected chi connectivity index (χ4v) is 4.27. The van der Waals surface area contributed by atoms with Gasteiger partial charge in [0.2, 0.25) is 15.9 Å². The third-order valence-electron chi connectivity index (χ3n) is 4.87. The molecule has 2 fully saturated rings. The van der Waals surface area contributed by atoms with Crippen LogP contribution in [-0.2, 0) is 19.6 Å². The van der Waals surface area contributed by atoms with E-state index in [9.17, 15) is 13.2 Å². The van der Waals surface area contributed by atoms with Crippen molar-refractivity contribution in [1.29, 1.82) is 0 Å². The summed E-state index contributed by atoms with van der Waals surface area (Å²) in [6.45, 7) is 1.94. The maximum atomic E-state index is 12.5. The molecule has 1 amide bonds. The van der Waals surface area contributed by atoms with E-state index in [1.807, 2.05) is 0 Å². The minimum atomic E-state index is -3.22. The fraction of sp³-hybridized carbons (Fsp3) is 0.929. The van der Waals surface area contributed by atoms with E-state index >= 15 is 0 Å². The van der Waals surface area contributed by atoms with Gasteiger partial charge in [-0.3, -0.25) is 4.79 Å². The molecule has 2 rings (SSSR count). The van der Waals surface area contributed by atoms with Crippen LogP contribution in [0.3, 0.4) is 0 Å². The Balaban J connectivity index is 0.00000264. The summed E-state index contributed by atoms with van der Waals surface area (Å²) in [5, 5.41) is 2.99. The number of hydrogen-bond donors (Lipinski definition) is 3. The molecule has 0 bridgehead atoms. The lowest BCUT2D eigenvalue weighted by atomic mass is 9.79. The number of halogens is 1. The van der Waals surface area contributed by atoms with Crippen LogP contribution in [0.25, 0.3) is 0 Å². The topological polar surface area (TPSA) is 111 Å². The molecule has 0 spiro atoms. The number of amides is 1. The van der Waals surface area contributed by atoms with Crippen LogP contribution in [0, 0.1) is 11.3 Å². The number of sulfonamides is 1. The van der Waals surface area contributed by atoms with Gasteiger partial charge in [0.1, 0.15) is 0 Å². The molecule has 23 heavy (non-hydrogen) atoms. The molecule has 4 N–H and O–H groups in total. The molecule has 7 nitrogen and oxygen atoms in total. The van der Waals surface area contributed by atoms with Gasteiger partial charge in [0.05, 0.1) is 11.7 Å². The third-order valence-corrected chi connectivity index (χ3v) is 5.60. The van der Waals surface area contributed by atoms with Crippen molar-refractivity contribution < 1.29 is 17.9 Å². The Labute approximate surface area is 144 Å². The zero-order valence-corrected chi connectivity index (χ0v) is 15.2. The summed E-state index contributed by atoms with van der Waals surface area (Å²) >= 11 is 0. The Morgan fingerprint density at radius 1 is 1.30 bits per heavy atom. The van der Waals surface area contributed by atoms with Crippen molar-refractivity contribution >= 4 is 28.3 Å². The lowest BCUT2D eigenvalue weighted by Crippen LogP contribution is -2.51. The molecule has 0 aromatic heterocycles. The van der Waals surface area contributed by atoms with Gasteiger partial charge in [-0.1, -0.05) is 6.42 Å². The van der Waals surface area contributed by atoms with Gasteiger partial charge in [-0.05, 0) is 31.6 Å². The third kappa shape index (κ3) is 5.56. The molecule has 1 heterocycles. The summed E-state index contributed by atoms with van der Waals surface area (Å²) in [4.78, 5) is 12.5. The molecule has 2 unspecified atom stereocenters. The average Bonchev–Trinajstić information content (AvgIpc) is 2.90. The highest BCUT2D eigenvalue weighted by atomic mass is 35.5. The molecule has 1 saturated carbocycles. The first-order valence-corrected chi connectivity index (χ1v) is 9.79. The summed E-state index contributed by atoms with van der Waals surface area (Å²) in [5.41, 5.74) is 5.29. The standard InChI is InChI=1S/C14H27N3O4S.ClH/c1-22(19,20)17-12-4-2-3-11(12)9-16-13(18)14(10-15)5-7-21-8-6-14;/h11-12,17H,2-10,15H2,1H3,(H,16,18);1H. The monoisotopic (exact) mass is 369 g/mol. The maximum Gasteiger partial charge on any atom is 0.227 e. The lowest BCUT2D eigenvalue weighted by Gasteiger charge is -2.35. The summed E-state index contributed by atoms with van der Waals surface area (Å²) in [6.07, 6.45) is 5.18. The quantitative estimate of drug-likeness (QED) is 0.610. The number of nitrogens with two attached hydrogens (primary N) is 1. The van der Waals surface area contributed by atoms with Crippen molar-refractivity contribution in [3.63, 3.8) is 0 Å². The molecule has 0 aromatic carbocycles. The number of ether oxygens (including phenoxy) is 1. The molecule has 2 atom stereocenters. The number of nitrogens with one attached hydrogen (secondary N) is 2. The van der Waals surface area contributed by atoms with Gasteiger partial charge in [-0.25, -0.2) is 13.1 Å². The maximum absolute atomic E-state index is 12.5. The van der Waals surface area contributed by atoms with E-state index < -0.39 is 15.4 Å². The van der Waals surface area contributed by atoms with Gasteiger partial charge in [0.25, 0.3) is 0 Å². The van der Waals surface area contributed by atoms with E-state index in [0.29, 0.717) is 39.1 Å². The summed E-state index contributed by atoms with van der Waals surface area (Å²) in [5.74, 6) is 0.122. The van der Waals surface area contributed by atoms with Crippen LogP contribution in [0.2, 0.25) is 0 Å². The van der Waals surface area contributed by atoms with E-state index in [2.05, 4.69) is 10.0 Å². The second kappa shape index (κ2) is 8.62. The second-order valence-electron chi connectivity index (χ2n) is 6.49. The molecule has 9 heteroatoms. The second-order valence-corrected chi connectivity index (χ2v) is 8.27. The first-order valence-electron chi connectivity index (χ1n) is 7.90. The van der Waals surface area contributed by atoms with E-state index in [0.717, 1.165) is 19.3 Å². The summed E-state index contributed by atoms with van der Waals surface area (Å²) in [7, 11) is -3.22. The zero-order chi connectivity index (χ0) is 16.2. The molecule has 2 aliphatic rings. The minimum absolute atomic E-state index is 0. The number of carbonyl (C=O) groups excluding carboxylic acids is 1. The van der Waals surface area contributed by atoms with Gasteiger partial charge in [0.15, 0.2) is 0 Å². The van der Waals surface area contributed by atoms with Crippen LogP contribution in [-0.4, -0.2) is 52.9 Å². The molecule has 0 aromatic rings. The van der Waals surface area contributed by atoms with Crippen LogP contribution in [0.15, 0.2) is 0 Å². The molecule has 0 radical (unpaired) electrons. The molecule has 1 aliphatic heterocycles. The predicted octanol–water partition coefficient (Wildman–Crippen LogP) is -0.00220. The van der Waals surface area contributed by atoms with Crippen molar-refractivity contribution in [3.05, 3.63) is 0 Å². The summed E-state index contributed by atoms with van der Waals surface area (Å²) in [6, 6.07) is -0.0844. The van der Waals surface area contributed by atoms with Gasteiger partial charge >= 0.3 is 0 Å². The van der Waals surface area contributed by atoms with Crippen LogP contribution in [0.4, 0.5) is 0 Å². The molecule has 136 valence electrons. The van der Waals surface area contributed by atoms with E-state index in [4.69, 9.17) is 10.5 Å². The van der Waals surface area contributed by atoms with Gasteiger partial charge < -0.3 is 15.8 Å². The largest absolute Gasteiger partial charge is 0.381 e. The average molecular weight is 370 g/mol. The lowest BCUT2D eigenvalue weighted by molar-refractivity contribution is -0.136. The van der Waals surface area contributed by atoms with Crippen LogP contribution >= 0.6 is 12.4 Å². The number of carbonyl (C=O) groups is 1. The highest BCUT2D eigenvalue weighted by molar-refractivity contribution is 7.88. The van der Waals surface area contributed by atoms with E-state index in [-0.39, 0.29) is 30.3 Å². The molecular formula is C14H28ClN3O4S. The van der Waals surface area contributed by atoms with Gasteiger partial charge in [0, 0.05) is 32.3 Å². The smallest absolute Gasteiger partial charge is 0.227 e. The zero-order valence-electron chi connectivity index (χ0n) is 13.5. The normalized spacial score (nSPS) is 27.2. The molecular weight excluding hydrogens is 342 g/mol. The van der Waals surface area contributed by atoms with E-state index in [1.165, 1.54) is 6.26 Å². The van der Waals surface area contributed by atoms with Gasteiger partial charge in [-0.15, -0.1) is 12.4 Å². The van der Waals surface area contributed by atoms with Gasteiger partial charge in [-0.2, -0.15) is 0 Å². The Morgan fingerprint density at radius 2 is 1.96 bits per heavy atom. The predicted molar refractivity (Wildman–Crippen MR) is 90.9 cm³/mol. The highest BCUT2D eigenvalue weighted by Gasteiger charge is 2.39. The van der Waals surface area contributed by atoms with Crippen molar-refractivity contribution in [1.82, 2.24) is 10.0 Å². The Kier molecular flexibility index (Phi) is 7.73. The first-order chi connectivity index (χ1) is 10.4. The SMILES string of the molecule is CS(=O)(=O)NC1CCCC1CNC(=O)C1(CN)CCOCC1.Cl.